The molecular formula is C11H8FNOS. The number of nitriles is 1. The van der Waals surface area contributed by atoms with Crippen LogP contribution in [0, 0.1) is 17.1 Å². The summed E-state index contributed by atoms with van der Waals surface area (Å²) in [5, 5.41) is 18.9. The van der Waals surface area contributed by atoms with Crippen LogP contribution in [0.4, 0.5) is 4.39 Å². The molecule has 0 amide bonds. The summed E-state index contributed by atoms with van der Waals surface area (Å²) in [6, 6.07) is 8.19. The molecule has 0 bridgehead atoms. The van der Waals surface area contributed by atoms with Gasteiger partial charge in [-0.1, -0.05) is 6.07 Å². The van der Waals surface area contributed by atoms with Gasteiger partial charge in [0.15, 0.2) is 0 Å². The molecule has 0 spiro atoms. The summed E-state index contributed by atoms with van der Waals surface area (Å²) in [6.07, 6.45) is -0.703. The Balaban J connectivity index is 2.43. The molecule has 76 valence electrons. The zero-order valence-corrected chi connectivity index (χ0v) is 8.59. The Morgan fingerprint density at radius 2 is 2.27 bits per heavy atom. The van der Waals surface area contributed by atoms with E-state index in [0.717, 1.165) is 10.1 Å². The van der Waals surface area contributed by atoms with Crippen molar-refractivity contribution in [2.75, 3.05) is 0 Å². The van der Waals surface area contributed by atoms with E-state index in [1.54, 1.807) is 12.1 Å². The average Bonchev–Trinajstić information content (AvgIpc) is 2.60. The molecule has 1 atom stereocenters. The van der Waals surface area contributed by atoms with Gasteiger partial charge in [0.25, 0.3) is 0 Å². The lowest BCUT2D eigenvalue weighted by molar-refractivity contribution is 0.187. The normalized spacial score (nSPS) is 12.6. The number of hydrogen-bond acceptors (Lipinski definition) is 3. The Hall–Kier alpha value is -1.44. The van der Waals surface area contributed by atoms with Crippen LogP contribution >= 0.6 is 11.3 Å². The van der Waals surface area contributed by atoms with Gasteiger partial charge < -0.3 is 5.11 Å². The van der Waals surface area contributed by atoms with Crippen molar-refractivity contribution < 1.29 is 9.50 Å². The van der Waals surface area contributed by atoms with Gasteiger partial charge in [-0.15, -0.1) is 11.3 Å². The number of nitrogens with zero attached hydrogens (tertiary/aromatic N) is 1. The van der Waals surface area contributed by atoms with Crippen molar-refractivity contribution in [3.8, 4) is 6.07 Å². The summed E-state index contributed by atoms with van der Waals surface area (Å²) in [7, 11) is 0. The Morgan fingerprint density at radius 1 is 1.47 bits per heavy atom. The van der Waals surface area contributed by atoms with Crippen molar-refractivity contribution >= 4 is 21.4 Å². The number of halogens is 1. The molecule has 15 heavy (non-hydrogen) atoms. The average molecular weight is 221 g/mol. The van der Waals surface area contributed by atoms with Gasteiger partial charge in [0.2, 0.25) is 0 Å². The summed E-state index contributed by atoms with van der Waals surface area (Å²) < 4.78 is 13.7. The molecule has 0 unspecified atom stereocenters. The Morgan fingerprint density at radius 3 is 3.00 bits per heavy atom. The van der Waals surface area contributed by atoms with E-state index in [-0.39, 0.29) is 12.2 Å². The van der Waals surface area contributed by atoms with Gasteiger partial charge in [0.05, 0.1) is 12.5 Å². The summed E-state index contributed by atoms with van der Waals surface area (Å²) in [4.78, 5) is 0.706. The first-order chi connectivity index (χ1) is 7.20. The van der Waals surface area contributed by atoms with Crippen LogP contribution in [0.15, 0.2) is 24.3 Å². The van der Waals surface area contributed by atoms with Gasteiger partial charge in [0.1, 0.15) is 11.9 Å². The molecule has 0 aliphatic carbocycles. The van der Waals surface area contributed by atoms with Crippen molar-refractivity contribution in [3.63, 3.8) is 0 Å². The minimum absolute atomic E-state index is 0.0648. The van der Waals surface area contributed by atoms with Crippen molar-refractivity contribution in [1.82, 2.24) is 0 Å². The van der Waals surface area contributed by atoms with Crippen LogP contribution in [0.1, 0.15) is 17.4 Å². The molecule has 0 saturated carbocycles. The van der Waals surface area contributed by atoms with Crippen molar-refractivity contribution in [1.29, 1.82) is 5.26 Å². The second-order valence-electron chi connectivity index (χ2n) is 3.21. The molecule has 0 saturated heterocycles. The fraction of sp³-hybridized carbons (Fsp3) is 0.182. The number of hydrogen-bond donors (Lipinski definition) is 1. The van der Waals surface area contributed by atoms with Gasteiger partial charge in [-0.3, -0.25) is 0 Å². The Bertz CT molecular complexity index is 529. The van der Waals surface area contributed by atoms with Crippen LogP contribution in [-0.2, 0) is 0 Å². The standard InChI is InChI=1S/C11H8FNOS/c12-8-2-1-7-5-11(9(14)3-4-13)15-10(7)6-8/h1-2,5-6,9,14H,3H2/t9-/m0/s1. The molecule has 0 aliphatic heterocycles. The molecule has 0 radical (unpaired) electrons. The van der Waals surface area contributed by atoms with Gasteiger partial charge in [0, 0.05) is 9.58 Å². The molecule has 1 heterocycles. The first kappa shape index (κ1) is 10.1. The molecule has 1 aromatic heterocycles. The van der Waals surface area contributed by atoms with E-state index in [2.05, 4.69) is 0 Å². The second-order valence-corrected chi connectivity index (χ2v) is 4.32. The molecule has 2 nitrogen and oxygen atoms in total. The van der Waals surface area contributed by atoms with Crippen LogP contribution in [0.3, 0.4) is 0 Å². The van der Waals surface area contributed by atoms with Gasteiger partial charge in [-0.05, 0) is 23.6 Å². The molecule has 4 heteroatoms. The minimum atomic E-state index is -0.768. The van der Waals surface area contributed by atoms with Crippen LogP contribution in [-0.4, -0.2) is 5.11 Å². The summed E-state index contributed by atoms with van der Waals surface area (Å²) in [6.45, 7) is 0. The number of thiophene rings is 1. The summed E-state index contributed by atoms with van der Waals surface area (Å²) in [5.41, 5.74) is 0. The first-order valence-corrected chi connectivity index (χ1v) is 5.26. The third-order valence-corrected chi connectivity index (χ3v) is 3.31. The van der Waals surface area contributed by atoms with E-state index < -0.39 is 6.10 Å². The van der Waals surface area contributed by atoms with Gasteiger partial charge >= 0.3 is 0 Å². The predicted molar refractivity (Wildman–Crippen MR) is 57.0 cm³/mol. The van der Waals surface area contributed by atoms with E-state index in [1.807, 2.05) is 6.07 Å². The lowest BCUT2D eigenvalue weighted by atomic mass is 10.2. The van der Waals surface area contributed by atoms with Crippen molar-refractivity contribution in [2.45, 2.75) is 12.5 Å². The molecule has 1 N–H and O–H groups in total. The molecule has 2 aromatic rings. The van der Waals surface area contributed by atoms with E-state index in [1.165, 1.54) is 23.5 Å². The highest BCUT2D eigenvalue weighted by Gasteiger charge is 2.11. The van der Waals surface area contributed by atoms with Crippen LogP contribution in [0.2, 0.25) is 0 Å². The van der Waals surface area contributed by atoms with E-state index in [0.29, 0.717) is 4.88 Å². The largest absolute Gasteiger partial charge is 0.386 e. The number of aliphatic hydroxyl groups is 1. The van der Waals surface area contributed by atoms with E-state index in [4.69, 9.17) is 5.26 Å². The number of fused-ring (bicyclic) bond motifs is 1. The number of rotatable bonds is 2. The third kappa shape index (κ3) is 1.99. The molecule has 0 fully saturated rings. The second kappa shape index (κ2) is 3.97. The number of benzene rings is 1. The summed E-state index contributed by atoms with van der Waals surface area (Å²) in [5.74, 6) is -0.286. The fourth-order valence-electron chi connectivity index (χ4n) is 1.38. The first-order valence-electron chi connectivity index (χ1n) is 4.44. The Labute approximate surface area is 90.2 Å². The van der Waals surface area contributed by atoms with Crippen LogP contribution < -0.4 is 0 Å². The Kier molecular flexibility index (Phi) is 2.67. The molecular weight excluding hydrogens is 213 g/mol. The lowest BCUT2D eigenvalue weighted by Crippen LogP contribution is -1.90. The minimum Gasteiger partial charge on any atom is -0.386 e. The van der Waals surface area contributed by atoms with Crippen LogP contribution in [0.5, 0.6) is 0 Å². The highest BCUT2D eigenvalue weighted by atomic mass is 32.1. The maximum absolute atomic E-state index is 12.9. The van der Waals surface area contributed by atoms with Crippen molar-refractivity contribution in [2.24, 2.45) is 0 Å². The quantitative estimate of drug-likeness (QED) is 0.847. The smallest absolute Gasteiger partial charge is 0.124 e. The van der Waals surface area contributed by atoms with E-state index >= 15 is 0 Å². The van der Waals surface area contributed by atoms with Gasteiger partial charge in [-0.25, -0.2) is 4.39 Å². The monoisotopic (exact) mass is 221 g/mol. The predicted octanol–water partition coefficient (Wildman–Crippen LogP) is 2.99. The SMILES string of the molecule is N#CC[C@H](O)c1cc2ccc(F)cc2s1. The van der Waals surface area contributed by atoms with Crippen molar-refractivity contribution in [3.05, 3.63) is 35.0 Å². The highest BCUT2D eigenvalue weighted by Crippen LogP contribution is 2.31. The van der Waals surface area contributed by atoms with Gasteiger partial charge in [-0.2, -0.15) is 5.26 Å². The molecule has 0 aliphatic rings. The summed E-state index contributed by atoms with van der Waals surface area (Å²) >= 11 is 1.32. The topological polar surface area (TPSA) is 44.0 Å². The zero-order chi connectivity index (χ0) is 10.8. The highest BCUT2D eigenvalue weighted by molar-refractivity contribution is 7.19. The third-order valence-electron chi connectivity index (χ3n) is 2.11. The van der Waals surface area contributed by atoms with Crippen LogP contribution in [0.25, 0.3) is 10.1 Å². The maximum atomic E-state index is 12.9. The zero-order valence-electron chi connectivity index (χ0n) is 7.77. The number of aliphatic hydroxyl groups excluding tert-OH is 1. The van der Waals surface area contributed by atoms with E-state index in [9.17, 15) is 9.50 Å². The molecule has 1 aromatic carbocycles. The fourth-order valence-corrected chi connectivity index (χ4v) is 2.45. The maximum Gasteiger partial charge on any atom is 0.124 e. The molecule has 2 rings (SSSR count). The lowest BCUT2D eigenvalue weighted by Gasteiger charge is -2.00.